The van der Waals surface area contributed by atoms with Crippen molar-refractivity contribution < 1.29 is 9.18 Å². The molecule has 0 atom stereocenters. The van der Waals surface area contributed by atoms with E-state index in [0.717, 1.165) is 5.56 Å². The van der Waals surface area contributed by atoms with Crippen LogP contribution in [0.3, 0.4) is 0 Å². The molecule has 1 amide bonds. The Morgan fingerprint density at radius 1 is 1.11 bits per heavy atom. The minimum absolute atomic E-state index is 0.254. The van der Waals surface area contributed by atoms with Crippen LogP contribution in [-0.4, -0.2) is 5.91 Å². The summed E-state index contributed by atoms with van der Waals surface area (Å²) >= 11 is 0. The van der Waals surface area contributed by atoms with E-state index in [1.807, 2.05) is 30.3 Å². The fraction of sp³-hybridized carbons (Fsp3) is 0.133. The molecule has 0 aromatic heterocycles. The first kappa shape index (κ1) is 12.3. The van der Waals surface area contributed by atoms with Gasteiger partial charge in [0.1, 0.15) is 5.82 Å². The molecule has 1 N–H and O–H groups in total. The molecule has 0 heterocycles. The van der Waals surface area contributed by atoms with Gasteiger partial charge in [0.2, 0.25) is 0 Å². The van der Waals surface area contributed by atoms with Crippen LogP contribution < -0.4 is 5.32 Å². The molecule has 0 aliphatic heterocycles. The first-order chi connectivity index (χ1) is 8.68. The summed E-state index contributed by atoms with van der Waals surface area (Å²) in [6.07, 6.45) is 0. The Hall–Kier alpha value is -2.16. The van der Waals surface area contributed by atoms with Crippen molar-refractivity contribution >= 4 is 5.91 Å². The number of rotatable bonds is 3. The molecule has 0 radical (unpaired) electrons. The molecule has 0 fully saturated rings. The highest BCUT2D eigenvalue weighted by Gasteiger charge is 2.10. The van der Waals surface area contributed by atoms with E-state index in [0.29, 0.717) is 17.7 Å². The Balaban J connectivity index is 2.07. The predicted octanol–water partition coefficient (Wildman–Crippen LogP) is 3.06. The Kier molecular flexibility index (Phi) is 3.72. The summed E-state index contributed by atoms with van der Waals surface area (Å²) in [5, 5.41) is 2.78. The van der Waals surface area contributed by atoms with Crippen LogP contribution in [0, 0.1) is 12.7 Å². The molecule has 0 aliphatic carbocycles. The number of nitrogens with one attached hydrogen (secondary N) is 1. The summed E-state index contributed by atoms with van der Waals surface area (Å²) in [4.78, 5) is 11.9. The van der Waals surface area contributed by atoms with E-state index >= 15 is 0 Å². The maximum atomic E-state index is 13.3. The van der Waals surface area contributed by atoms with Crippen molar-refractivity contribution in [2.45, 2.75) is 13.5 Å². The van der Waals surface area contributed by atoms with Gasteiger partial charge in [-0.05, 0) is 30.2 Å². The number of hydrogen-bond donors (Lipinski definition) is 1. The minimum Gasteiger partial charge on any atom is -0.348 e. The predicted molar refractivity (Wildman–Crippen MR) is 68.7 cm³/mol. The van der Waals surface area contributed by atoms with Crippen LogP contribution in [0.4, 0.5) is 4.39 Å². The first-order valence-electron chi connectivity index (χ1n) is 5.75. The number of benzene rings is 2. The molecule has 2 rings (SSSR count). The molecule has 2 aromatic rings. The van der Waals surface area contributed by atoms with Crippen molar-refractivity contribution in [1.82, 2.24) is 5.32 Å². The van der Waals surface area contributed by atoms with E-state index in [1.165, 1.54) is 6.07 Å². The molecule has 0 saturated carbocycles. The largest absolute Gasteiger partial charge is 0.348 e. The van der Waals surface area contributed by atoms with Crippen LogP contribution in [-0.2, 0) is 6.54 Å². The zero-order chi connectivity index (χ0) is 13.0. The summed E-state index contributed by atoms with van der Waals surface area (Å²) in [5.74, 6) is -0.613. The average molecular weight is 243 g/mol. The smallest absolute Gasteiger partial charge is 0.251 e. The van der Waals surface area contributed by atoms with Crippen LogP contribution >= 0.6 is 0 Å². The van der Waals surface area contributed by atoms with Crippen molar-refractivity contribution in [3.63, 3.8) is 0 Å². The number of amides is 1. The third kappa shape index (κ3) is 2.74. The van der Waals surface area contributed by atoms with Gasteiger partial charge in [0.05, 0.1) is 0 Å². The lowest BCUT2D eigenvalue weighted by Gasteiger charge is -2.08. The lowest BCUT2D eigenvalue weighted by Crippen LogP contribution is -2.23. The molecule has 0 saturated heterocycles. The van der Waals surface area contributed by atoms with Gasteiger partial charge in [0.15, 0.2) is 0 Å². The van der Waals surface area contributed by atoms with Crippen molar-refractivity contribution in [3.05, 3.63) is 71.0 Å². The molecule has 92 valence electrons. The van der Waals surface area contributed by atoms with E-state index in [-0.39, 0.29) is 11.7 Å². The van der Waals surface area contributed by atoms with Gasteiger partial charge < -0.3 is 5.32 Å². The van der Waals surface area contributed by atoms with Crippen molar-refractivity contribution in [3.8, 4) is 0 Å². The normalized spacial score (nSPS) is 10.1. The third-order valence-corrected chi connectivity index (χ3v) is 2.81. The highest BCUT2D eigenvalue weighted by molar-refractivity contribution is 5.95. The first-order valence-corrected chi connectivity index (χ1v) is 5.75. The van der Waals surface area contributed by atoms with Crippen LogP contribution in [0.25, 0.3) is 0 Å². The summed E-state index contributed by atoms with van der Waals surface area (Å²) in [6, 6.07) is 14.1. The van der Waals surface area contributed by atoms with E-state index in [1.54, 1.807) is 19.1 Å². The minimum atomic E-state index is -0.359. The van der Waals surface area contributed by atoms with E-state index < -0.39 is 0 Å². The van der Waals surface area contributed by atoms with E-state index in [4.69, 9.17) is 0 Å². The molecule has 0 unspecified atom stereocenters. The second-order valence-corrected chi connectivity index (χ2v) is 4.08. The van der Waals surface area contributed by atoms with Crippen LogP contribution in [0.5, 0.6) is 0 Å². The van der Waals surface area contributed by atoms with Gasteiger partial charge in [0, 0.05) is 12.1 Å². The lowest BCUT2D eigenvalue weighted by atomic mass is 10.1. The second kappa shape index (κ2) is 5.45. The Morgan fingerprint density at radius 3 is 2.56 bits per heavy atom. The molecular weight excluding hydrogens is 229 g/mol. The van der Waals surface area contributed by atoms with Crippen molar-refractivity contribution in [2.75, 3.05) is 0 Å². The van der Waals surface area contributed by atoms with E-state index in [9.17, 15) is 9.18 Å². The van der Waals surface area contributed by atoms with Crippen molar-refractivity contribution in [2.24, 2.45) is 0 Å². The molecule has 0 aliphatic rings. The highest BCUT2D eigenvalue weighted by Crippen LogP contribution is 2.12. The highest BCUT2D eigenvalue weighted by atomic mass is 19.1. The van der Waals surface area contributed by atoms with Gasteiger partial charge >= 0.3 is 0 Å². The SMILES string of the molecule is Cc1c(F)cccc1C(=O)NCc1ccccc1. The van der Waals surface area contributed by atoms with Crippen LogP contribution in [0.2, 0.25) is 0 Å². The molecule has 2 nitrogen and oxygen atoms in total. The third-order valence-electron chi connectivity index (χ3n) is 2.81. The fourth-order valence-corrected chi connectivity index (χ4v) is 1.73. The number of hydrogen-bond acceptors (Lipinski definition) is 1. The second-order valence-electron chi connectivity index (χ2n) is 4.08. The summed E-state index contributed by atoms with van der Waals surface area (Å²) < 4.78 is 13.3. The van der Waals surface area contributed by atoms with Gasteiger partial charge in [-0.25, -0.2) is 4.39 Å². The molecule has 0 bridgehead atoms. The maximum absolute atomic E-state index is 13.3. The van der Waals surface area contributed by atoms with Crippen molar-refractivity contribution in [1.29, 1.82) is 0 Å². The zero-order valence-corrected chi connectivity index (χ0v) is 10.1. The Labute approximate surface area is 105 Å². The van der Waals surface area contributed by atoms with Gasteiger partial charge in [-0.3, -0.25) is 4.79 Å². The van der Waals surface area contributed by atoms with E-state index in [2.05, 4.69) is 5.32 Å². The standard InChI is InChI=1S/C15H14FNO/c1-11-13(8-5-9-14(11)16)15(18)17-10-12-6-3-2-4-7-12/h2-9H,10H2,1H3,(H,17,18). The number of carbonyl (C=O) groups excluding carboxylic acids is 1. The summed E-state index contributed by atoms with van der Waals surface area (Å²) in [6.45, 7) is 2.04. The topological polar surface area (TPSA) is 29.1 Å². The molecule has 2 aromatic carbocycles. The van der Waals surface area contributed by atoms with Crippen LogP contribution in [0.15, 0.2) is 48.5 Å². The molecular formula is C15H14FNO. The van der Waals surface area contributed by atoms with Gasteiger partial charge in [-0.1, -0.05) is 36.4 Å². The summed E-state index contributed by atoms with van der Waals surface area (Å²) in [5.41, 5.74) is 1.77. The Morgan fingerprint density at radius 2 is 1.83 bits per heavy atom. The van der Waals surface area contributed by atoms with Crippen LogP contribution in [0.1, 0.15) is 21.5 Å². The van der Waals surface area contributed by atoms with Gasteiger partial charge in [-0.2, -0.15) is 0 Å². The van der Waals surface area contributed by atoms with Gasteiger partial charge in [-0.15, -0.1) is 0 Å². The Bertz CT molecular complexity index is 552. The quantitative estimate of drug-likeness (QED) is 0.882. The zero-order valence-electron chi connectivity index (χ0n) is 10.1. The molecule has 0 spiro atoms. The monoisotopic (exact) mass is 243 g/mol. The summed E-state index contributed by atoms with van der Waals surface area (Å²) in [7, 11) is 0. The number of carbonyl (C=O) groups is 1. The average Bonchev–Trinajstić information content (AvgIpc) is 2.40. The molecule has 18 heavy (non-hydrogen) atoms. The fourth-order valence-electron chi connectivity index (χ4n) is 1.73. The number of halogens is 1. The maximum Gasteiger partial charge on any atom is 0.251 e. The van der Waals surface area contributed by atoms with Gasteiger partial charge in [0.25, 0.3) is 5.91 Å². The lowest BCUT2D eigenvalue weighted by molar-refractivity contribution is 0.0950. The molecule has 3 heteroatoms.